The molecule has 3 nitrogen and oxygen atoms in total. The zero-order valence-electron chi connectivity index (χ0n) is 11.4. The van der Waals surface area contributed by atoms with Crippen molar-refractivity contribution in [1.29, 1.82) is 0 Å². The van der Waals surface area contributed by atoms with Gasteiger partial charge in [-0.05, 0) is 49.6 Å². The molecule has 0 unspecified atom stereocenters. The summed E-state index contributed by atoms with van der Waals surface area (Å²) in [7, 11) is 0. The minimum Gasteiger partial charge on any atom is -0.397 e. The van der Waals surface area contributed by atoms with Crippen molar-refractivity contribution in [3.63, 3.8) is 0 Å². The summed E-state index contributed by atoms with van der Waals surface area (Å²) < 4.78 is 0. The van der Waals surface area contributed by atoms with Crippen LogP contribution in [-0.4, -0.2) is 5.91 Å². The Balaban J connectivity index is 2.31. The van der Waals surface area contributed by atoms with Gasteiger partial charge in [-0.15, -0.1) is 0 Å². The summed E-state index contributed by atoms with van der Waals surface area (Å²) in [4.78, 5) is 12.3. The van der Waals surface area contributed by atoms with Crippen LogP contribution in [0.5, 0.6) is 0 Å². The lowest BCUT2D eigenvalue weighted by molar-refractivity contribution is 0.102. The summed E-state index contributed by atoms with van der Waals surface area (Å²) >= 11 is 0. The van der Waals surface area contributed by atoms with Crippen molar-refractivity contribution >= 4 is 17.3 Å². The van der Waals surface area contributed by atoms with Gasteiger partial charge >= 0.3 is 0 Å². The normalized spacial score (nSPS) is 10.3. The molecular weight excluding hydrogens is 236 g/mol. The molecule has 0 radical (unpaired) electrons. The molecule has 1 amide bonds. The van der Waals surface area contributed by atoms with Gasteiger partial charge < -0.3 is 11.1 Å². The summed E-state index contributed by atoms with van der Waals surface area (Å²) in [6.45, 7) is 5.83. The van der Waals surface area contributed by atoms with Gasteiger partial charge in [0.15, 0.2) is 0 Å². The lowest BCUT2D eigenvalue weighted by Gasteiger charge is -2.12. The van der Waals surface area contributed by atoms with Gasteiger partial charge in [-0.1, -0.05) is 24.3 Å². The highest BCUT2D eigenvalue weighted by Crippen LogP contribution is 2.22. The van der Waals surface area contributed by atoms with Crippen LogP contribution in [0.1, 0.15) is 27.0 Å². The van der Waals surface area contributed by atoms with E-state index in [0.717, 1.165) is 16.7 Å². The number of anilines is 2. The smallest absolute Gasteiger partial charge is 0.256 e. The monoisotopic (exact) mass is 254 g/mol. The third kappa shape index (κ3) is 2.76. The fraction of sp³-hybridized carbons (Fsp3) is 0.188. The minimum atomic E-state index is -0.119. The molecule has 0 aromatic heterocycles. The summed E-state index contributed by atoms with van der Waals surface area (Å²) in [5, 5.41) is 2.87. The second-order valence-corrected chi connectivity index (χ2v) is 4.81. The van der Waals surface area contributed by atoms with Crippen molar-refractivity contribution in [3.05, 3.63) is 58.7 Å². The van der Waals surface area contributed by atoms with Crippen molar-refractivity contribution in [2.75, 3.05) is 11.1 Å². The maximum absolute atomic E-state index is 12.3. The molecule has 98 valence electrons. The number of carbonyl (C=O) groups excluding carboxylic acids is 1. The van der Waals surface area contributed by atoms with E-state index < -0.39 is 0 Å². The van der Waals surface area contributed by atoms with E-state index in [-0.39, 0.29) is 5.91 Å². The first-order chi connectivity index (χ1) is 8.99. The maximum Gasteiger partial charge on any atom is 0.256 e. The molecule has 0 atom stereocenters. The van der Waals surface area contributed by atoms with Crippen LogP contribution in [0.2, 0.25) is 0 Å². The van der Waals surface area contributed by atoms with Gasteiger partial charge in [0.1, 0.15) is 0 Å². The Kier molecular flexibility index (Phi) is 3.56. The zero-order chi connectivity index (χ0) is 14.0. The fourth-order valence-electron chi connectivity index (χ4n) is 2.15. The van der Waals surface area contributed by atoms with Gasteiger partial charge in [0.2, 0.25) is 0 Å². The van der Waals surface area contributed by atoms with Crippen LogP contribution in [-0.2, 0) is 0 Å². The van der Waals surface area contributed by atoms with Crippen molar-refractivity contribution < 1.29 is 4.79 Å². The second kappa shape index (κ2) is 5.14. The van der Waals surface area contributed by atoms with Crippen LogP contribution in [0, 0.1) is 20.8 Å². The molecule has 0 heterocycles. The number of amides is 1. The van der Waals surface area contributed by atoms with E-state index in [2.05, 4.69) is 5.32 Å². The molecule has 0 saturated heterocycles. The average molecular weight is 254 g/mol. The van der Waals surface area contributed by atoms with Crippen LogP contribution in [0.3, 0.4) is 0 Å². The SMILES string of the molecule is Cc1ccc(NC(=O)c2c(C)cccc2C)c(N)c1. The van der Waals surface area contributed by atoms with E-state index in [4.69, 9.17) is 5.73 Å². The van der Waals surface area contributed by atoms with Gasteiger partial charge in [0.05, 0.1) is 11.4 Å². The van der Waals surface area contributed by atoms with E-state index in [9.17, 15) is 4.79 Å². The van der Waals surface area contributed by atoms with Gasteiger partial charge in [-0.3, -0.25) is 4.79 Å². The number of hydrogen-bond acceptors (Lipinski definition) is 2. The van der Waals surface area contributed by atoms with Crippen LogP contribution in [0.4, 0.5) is 11.4 Å². The molecule has 3 heteroatoms. The maximum atomic E-state index is 12.3. The third-order valence-corrected chi connectivity index (χ3v) is 3.16. The Morgan fingerprint density at radius 2 is 1.68 bits per heavy atom. The number of benzene rings is 2. The first kappa shape index (κ1) is 13.1. The van der Waals surface area contributed by atoms with Crippen molar-refractivity contribution in [3.8, 4) is 0 Å². The highest BCUT2D eigenvalue weighted by Gasteiger charge is 2.13. The standard InChI is InChI=1S/C16H18N2O/c1-10-7-8-14(13(17)9-10)18-16(19)15-11(2)5-4-6-12(15)3/h4-9H,17H2,1-3H3,(H,18,19). The molecule has 0 aliphatic heterocycles. The number of nitrogens with two attached hydrogens (primary N) is 1. The topological polar surface area (TPSA) is 55.1 Å². The Morgan fingerprint density at radius 3 is 2.26 bits per heavy atom. The van der Waals surface area contributed by atoms with Gasteiger partial charge in [-0.2, -0.15) is 0 Å². The highest BCUT2D eigenvalue weighted by molar-refractivity contribution is 6.07. The van der Waals surface area contributed by atoms with Crippen molar-refractivity contribution in [2.45, 2.75) is 20.8 Å². The first-order valence-electron chi connectivity index (χ1n) is 6.22. The number of hydrogen-bond donors (Lipinski definition) is 2. The number of nitrogen functional groups attached to an aromatic ring is 1. The molecule has 0 bridgehead atoms. The highest BCUT2D eigenvalue weighted by atomic mass is 16.1. The van der Waals surface area contributed by atoms with Gasteiger partial charge in [0, 0.05) is 5.56 Å². The van der Waals surface area contributed by atoms with E-state index in [1.54, 1.807) is 0 Å². The lowest BCUT2D eigenvalue weighted by atomic mass is 10.0. The van der Waals surface area contributed by atoms with Crippen LogP contribution < -0.4 is 11.1 Å². The zero-order valence-corrected chi connectivity index (χ0v) is 11.4. The molecule has 2 aromatic rings. The molecular formula is C16H18N2O. The van der Waals surface area contributed by atoms with Crippen LogP contribution in [0.25, 0.3) is 0 Å². The van der Waals surface area contributed by atoms with E-state index in [1.807, 2.05) is 57.2 Å². The van der Waals surface area contributed by atoms with E-state index >= 15 is 0 Å². The van der Waals surface area contributed by atoms with Crippen molar-refractivity contribution in [1.82, 2.24) is 0 Å². The number of aryl methyl sites for hydroxylation is 3. The molecule has 0 aliphatic rings. The molecule has 2 aromatic carbocycles. The number of nitrogens with one attached hydrogen (secondary N) is 1. The predicted octanol–water partition coefficient (Wildman–Crippen LogP) is 3.45. The van der Waals surface area contributed by atoms with Gasteiger partial charge in [-0.25, -0.2) is 0 Å². The molecule has 0 fully saturated rings. The minimum absolute atomic E-state index is 0.119. The molecule has 0 spiro atoms. The van der Waals surface area contributed by atoms with E-state index in [0.29, 0.717) is 16.9 Å². The molecule has 0 aliphatic carbocycles. The number of carbonyl (C=O) groups is 1. The van der Waals surface area contributed by atoms with Crippen LogP contribution >= 0.6 is 0 Å². The Morgan fingerprint density at radius 1 is 1.05 bits per heavy atom. The fourth-order valence-corrected chi connectivity index (χ4v) is 2.15. The summed E-state index contributed by atoms with van der Waals surface area (Å²) in [6, 6.07) is 11.4. The summed E-state index contributed by atoms with van der Waals surface area (Å²) in [6.07, 6.45) is 0. The third-order valence-electron chi connectivity index (χ3n) is 3.16. The van der Waals surface area contributed by atoms with Crippen LogP contribution in [0.15, 0.2) is 36.4 Å². The quantitative estimate of drug-likeness (QED) is 0.806. The van der Waals surface area contributed by atoms with E-state index in [1.165, 1.54) is 0 Å². The first-order valence-corrected chi connectivity index (χ1v) is 6.22. The Labute approximate surface area is 113 Å². The Bertz CT molecular complexity index is 612. The summed E-state index contributed by atoms with van der Waals surface area (Å²) in [5.74, 6) is -0.119. The molecule has 2 rings (SSSR count). The lowest BCUT2D eigenvalue weighted by Crippen LogP contribution is -2.16. The van der Waals surface area contributed by atoms with Crippen molar-refractivity contribution in [2.24, 2.45) is 0 Å². The molecule has 19 heavy (non-hydrogen) atoms. The summed E-state index contributed by atoms with van der Waals surface area (Å²) in [5.41, 5.74) is 10.8. The Hall–Kier alpha value is -2.29. The largest absolute Gasteiger partial charge is 0.397 e. The molecule has 0 saturated carbocycles. The number of rotatable bonds is 2. The second-order valence-electron chi connectivity index (χ2n) is 4.81. The van der Waals surface area contributed by atoms with Gasteiger partial charge in [0.25, 0.3) is 5.91 Å². The molecule has 3 N–H and O–H groups in total. The average Bonchev–Trinajstić information content (AvgIpc) is 2.32. The predicted molar refractivity (Wildman–Crippen MR) is 79.5 cm³/mol.